The van der Waals surface area contributed by atoms with Crippen LogP contribution in [-0.4, -0.2) is 34.4 Å². The summed E-state index contributed by atoms with van der Waals surface area (Å²) in [6, 6.07) is 6.93. The maximum absolute atomic E-state index is 12.2. The fraction of sp³-hybridized carbons (Fsp3) is 0.500. The van der Waals surface area contributed by atoms with Crippen molar-refractivity contribution in [3.05, 3.63) is 39.9 Å². The van der Waals surface area contributed by atoms with Crippen LogP contribution in [0.4, 0.5) is 5.69 Å². The number of amides is 1. The molecule has 1 aliphatic heterocycles. The number of nitro benzene ring substituents is 1. The zero-order valence-electron chi connectivity index (χ0n) is 11.1. The molecule has 6 nitrogen and oxygen atoms in total. The van der Waals surface area contributed by atoms with E-state index in [1.165, 1.54) is 12.1 Å². The summed E-state index contributed by atoms with van der Waals surface area (Å²) < 4.78 is 0. The van der Waals surface area contributed by atoms with E-state index in [0.29, 0.717) is 19.1 Å². The van der Waals surface area contributed by atoms with Gasteiger partial charge >= 0.3 is 0 Å². The quantitative estimate of drug-likeness (QED) is 0.652. The van der Waals surface area contributed by atoms with Gasteiger partial charge in [-0.3, -0.25) is 14.9 Å². The second-order valence-corrected chi connectivity index (χ2v) is 5.47. The van der Waals surface area contributed by atoms with E-state index >= 15 is 0 Å². The highest BCUT2D eigenvalue weighted by Gasteiger charge is 2.35. The van der Waals surface area contributed by atoms with Crippen LogP contribution in [0.3, 0.4) is 0 Å². The van der Waals surface area contributed by atoms with Crippen molar-refractivity contribution >= 4 is 11.6 Å². The molecule has 106 valence electrons. The topological polar surface area (TPSA) is 75.5 Å². The molecule has 1 atom stereocenters. The Morgan fingerprint density at radius 1 is 1.35 bits per heavy atom. The van der Waals surface area contributed by atoms with Crippen LogP contribution in [0.25, 0.3) is 0 Å². The van der Waals surface area contributed by atoms with Crippen LogP contribution >= 0.6 is 0 Å². The number of carbonyl (C=O) groups excluding carboxylic acids is 1. The molecule has 1 unspecified atom stereocenters. The predicted octanol–water partition coefficient (Wildman–Crippen LogP) is 1.45. The van der Waals surface area contributed by atoms with Crippen molar-refractivity contribution in [3.63, 3.8) is 0 Å². The standard InChI is InChI=1S/C14H17N3O3/c18-14-13(15-11-4-5-11)6-7-16(14)9-10-2-1-3-12(8-10)17(19)20/h1-3,8,11,13,15H,4-7,9H2. The highest BCUT2D eigenvalue weighted by Crippen LogP contribution is 2.23. The molecule has 2 fully saturated rings. The molecule has 1 aliphatic carbocycles. The van der Waals surface area contributed by atoms with Gasteiger partial charge in [-0.25, -0.2) is 0 Å². The maximum Gasteiger partial charge on any atom is 0.269 e. The first kappa shape index (κ1) is 13.1. The minimum absolute atomic E-state index is 0.0683. The third kappa shape index (κ3) is 2.80. The Labute approximate surface area is 116 Å². The third-order valence-corrected chi connectivity index (χ3v) is 3.81. The van der Waals surface area contributed by atoms with Gasteiger partial charge in [0.2, 0.25) is 5.91 Å². The number of non-ortho nitro benzene ring substituents is 1. The molecule has 1 heterocycles. The van der Waals surface area contributed by atoms with Crippen molar-refractivity contribution in [3.8, 4) is 0 Å². The van der Waals surface area contributed by atoms with E-state index in [4.69, 9.17) is 0 Å². The van der Waals surface area contributed by atoms with Crippen molar-refractivity contribution in [2.75, 3.05) is 6.54 Å². The van der Waals surface area contributed by atoms with E-state index in [9.17, 15) is 14.9 Å². The minimum atomic E-state index is -0.410. The number of rotatable bonds is 5. The van der Waals surface area contributed by atoms with Gasteiger partial charge in [-0.1, -0.05) is 12.1 Å². The van der Waals surface area contributed by atoms with E-state index in [1.807, 2.05) is 6.07 Å². The van der Waals surface area contributed by atoms with E-state index in [2.05, 4.69) is 5.32 Å². The van der Waals surface area contributed by atoms with Gasteiger partial charge in [0, 0.05) is 31.3 Å². The zero-order valence-corrected chi connectivity index (χ0v) is 11.1. The molecule has 1 saturated heterocycles. The van der Waals surface area contributed by atoms with Crippen molar-refractivity contribution in [1.29, 1.82) is 0 Å². The molecule has 3 rings (SSSR count). The summed E-state index contributed by atoms with van der Waals surface area (Å²) in [5.41, 5.74) is 0.876. The Kier molecular flexibility index (Phi) is 3.40. The number of nitro groups is 1. The van der Waals surface area contributed by atoms with Crippen molar-refractivity contribution in [2.24, 2.45) is 0 Å². The van der Waals surface area contributed by atoms with Gasteiger partial charge in [0.1, 0.15) is 0 Å². The van der Waals surface area contributed by atoms with Crippen LogP contribution in [0, 0.1) is 10.1 Å². The van der Waals surface area contributed by atoms with Gasteiger partial charge in [-0.15, -0.1) is 0 Å². The van der Waals surface area contributed by atoms with E-state index in [-0.39, 0.29) is 17.6 Å². The average molecular weight is 275 g/mol. The first-order valence-electron chi connectivity index (χ1n) is 6.91. The van der Waals surface area contributed by atoms with Crippen molar-refractivity contribution in [2.45, 2.75) is 37.9 Å². The number of nitrogens with zero attached hydrogens (tertiary/aromatic N) is 2. The van der Waals surface area contributed by atoms with Gasteiger partial charge in [-0.2, -0.15) is 0 Å². The SMILES string of the molecule is O=C1C(NC2CC2)CCN1Cc1cccc([N+](=O)[O-])c1. The number of likely N-dealkylation sites (tertiary alicyclic amines) is 1. The lowest BCUT2D eigenvalue weighted by atomic mass is 10.2. The fourth-order valence-corrected chi connectivity index (χ4v) is 2.57. The molecule has 1 saturated carbocycles. The third-order valence-electron chi connectivity index (χ3n) is 3.81. The molecule has 0 spiro atoms. The molecule has 1 N–H and O–H groups in total. The Hall–Kier alpha value is -1.95. The molecule has 0 bridgehead atoms. The number of hydrogen-bond acceptors (Lipinski definition) is 4. The summed E-state index contributed by atoms with van der Waals surface area (Å²) in [5, 5.41) is 14.1. The number of benzene rings is 1. The van der Waals surface area contributed by atoms with Crippen LogP contribution in [0.15, 0.2) is 24.3 Å². The summed E-state index contributed by atoms with van der Waals surface area (Å²) in [5.74, 6) is 0.114. The molecular formula is C14H17N3O3. The van der Waals surface area contributed by atoms with Gasteiger partial charge in [0.15, 0.2) is 0 Å². The van der Waals surface area contributed by atoms with Crippen molar-refractivity contribution < 1.29 is 9.72 Å². The smallest absolute Gasteiger partial charge is 0.269 e. The lowest BCUT2D eigenvalue weighted by molar-refractivity contribution is -0.384. The molecule has 2 aliphatic rings. The van der Waals surface area contributed by atoms with E-state index in [0.717, 1.165) is 24.8 Å². The first-order valence-corrected chi connectivity index (χ1v) is 6.91. The predicted molar refractivity (Wildman–Crippen MR) is 73.1 cm³/mol. The monoisotopic (exact) mass is 275 g/mol. The Balaban J connectivity index is 1.64. The molecular weight excluding hydrogens is 258 g/mol. The number of hydrogen-bond donors (Lipinski definition) is 1. The largest absolute Gasteiger partial charge is 0.337 e. The highest BCUT2D eigenvalue weighted by molar-refractivity contribution is 5.84. The molecule has 0 radical (unpaired) electrons. The highest BCUT2D eigenvalue weighted by atomic mass is 16.6. The lowest BCUT2D eigenvalue weighted by Gasteiger charge is -2.17. The summed E-state index contributed by atoms with van der Waals surface area (Å²) in [7, 11) is 0. The minimum Gasteiger partial charge on any atom is -0.337 e. The van der Waals surface area contributed by atoms with E-state index < -0.39 is 4.92 Å². The van der Waals surface area contributed by atoms with Crippen LogP contribution in [0.5, 0.6) is 0 Å². The van der Waals surface area contributed by atoms with Crippen LogP contribution < -0.4 is 5.32 Å². The van der Waals surface area contributed by atoms with E-state index in [1.54, 1.807) is 11.0 Å². The number of carbonyl (C=O) groups is 1. The summed E-state index contributed by atoms with van der Waals surface area (Å²) in [6.07, 6.45) is 3.15. The number of nitrogens with one attached hydrogen (secondary N) is 1. The van der Waals surface area contributed by atoms with Crippen LogP contribution in [0.1, 0.15) is 24.8 Å². The van der Waals surface area contributed by atoms with Gasteiger partial charge in [-0.05, 0) is 24.8 Å². The molecule has 6 heteroatoms. The molecule has 1 amide bonds. The molecule has 20 heavy (non-hydrogen) atoms. The summed E-state index contributed by atoms with van der Waals surface area (Å²) in [4.78, 5) is 24.3. The lowest BCUT2D eigenvalue weighted by Crippen LogP contribution is -2.39. The Bertz CT molecular complexity index is 542. The summed E-state index contributed by atoms with van der Waals surface area (Å²) >= 11 is 0. The summed E-state index contributed by atoms with van der Waals surface area (Å²) in [6.45, 7) is 1.16. The molecule has 1 aromatic carbocycles. The van der Waals surface area contributed by atoms with Crippen LogP contribution in [-0.2, 0) is 11.3 Å². The fourth-order valence-electron chi connectivity index (χ4n) is 2.57. The van der Waals surface area contributed by atoms with Gasteiger partial charge < -0.3 is 10.2 Å². The van der Waals surface area contributed by atoms with Crippen molar-refractivity contribution in [1.82, 2.24) is 10.2 Å². The molecule has 0 aromatic heterocycles. The molecule has 1 aromatic rings. The zero-order chi connectivity index (χ0) is 14.1. The van der Waals surface area contributed by atoms with Gasteiger partial charge in [0.25, 0.3) is 5.69 Å². The maximum atomic E-state index is 12.2. The Morgan fingerprint density at radius 2 is 2.15 bits per heavy atom. The second-order valence-electron chi connectivity index (χ2n) is 5.47. The first-order chi connectivity index (χ1) is 9.63. The second kappa shape index (κ2) is 5.20. The van der Waals surface area contributed by atoms with Gasteiger partial charge in [0.05, 0.1) is 11.0 Å². The average Bonchev–Trinajstić information content (AvgIpc) is 3.19. The van der Waals surface area contributed by atoms with Crippen LogP contribution in [0.2, 0.25) is 0 Å². The normalized spacial score (nSPS) is 22.3. The Morgan fingerprint density at radius 3 is 2.85 bits per heavy atom.